The lowest BCUT2D eigenvalue weighted by Crippen LogP contribution is -2.34. The Labute approximate surface area is 126 Å². The summed E-state index contributed by atoms with van der Waals surface area (Å²) >= 11 is 2.08. The first-order chi connectivity index (χ1) is 9.58. The highest BCUT2D eigenvalue weighted by atomic mass is 32.2. The van der Waals surface area contributed by atoms with Gasteiger partial charge in [0.15, 0.2) is 0 Å². The van der Waals surface area contributed by atoms with Crippen LogP contribution >= 0.6 is 11.8 Å². The minimum absolute atomic E-state index is 0.272. The molecule has 112 valence electrons. The van der Waals surface area contributed by atoms with Gasteiger partial charge in [0.05, 0.1) is 14.2 Å². The van der Waals surface area contributed by atoms with E-state index in [2.05, 4.69) is 37.0 Å². The molecule has 0 spiro atoms. The van der Waals surface area contributed by atoms with Gasteiger partial charge in [0, 0.05) is 29.0 Å². The highest BCUT2D eigenvalue weighted by Gasteiger charge is 2.29. The Bertz CT molecular complexity index is 444. The molecule has 1 aliphatic rings. The van der Waals surface area contributed by atoms with E-state index in [1.165, 1.54) is 24.2 Å². The monoisotopic (exact) mass is 295 g/mol. The van der Waals surface area contributed by atoms with E-state index in [0.717, 1.165) is 18.0 Å². The normalized spacial score (nSPS) is 23.6. The SMILES string of the molecule is COc1ccc(C(C)NCC2(C)CCCS2)c(OC)c1. The maximum absolute atomic E-state index is 5.48. The third-order valence-electron chi connectivity index (χ3n) is 3.99. The Kier molecular flexibility index (Phi) is 5.22. The van der Waals surface area contributed by atoms with E-state index < -0.39 is 0 Å². The third-order valence-corrected chi connectivity index (χ3v) is 5.53. The molecule has 0 saturated carbocycles. The molecule has 1 aliphatic heterocycles. The van der Waals surface area contributed by atoms with Gasteiger partial charge in [-0.15, -0.1) is 0 Å². The van der Waals surface area contributed by atoms with E-state index in [0.29, 0.717) is 4.75 Å². The molecule has 1 fully saturated rings. The molecular weight excluding hydrogens is 270 g/mol. The minimum atomic E-state index is 0.272. The fraction of sp³-hybridized carbons (Fsp3) is 0.625. The van der Waals surface area contributed by atoms with Gasteiger partial charge in [-0.3, -0.25) is 0 Å². The van der Waals surface area contributed by atoms with Crippen molar-refractivity contribution in [3.8, 4) is 11.5 Å². The molecule has 4 heteroatoms. The van der Waals surface area contributed by atoms with Gasteiger partial charge < -0.3 is 14.8 Å². The van der Waals surface area contributed by atoms with Crippen LogP contribution in [-0.4, -0.2) is 31.3 Å². The van der Waals surface area contributed by atoms with Gasteiger partial charge in [0.2, 0.25) is 0 Å². The van der Waals surface area contributed by atoms with Crippen LogP contribution in [-0.2, 0) is 0 Å². The quantitative estimate of drug-likeness (QED) is 0.868. The lowest BCUT2D eigenvalue weighted by atomic mass is 10.0. The highest BCUT2D eigenvalue weighted by molar-refractivity contribution is 8.00. The first-order valence-electron chi connectivity index (χ1n) is 7.17. The number of ether oxygens (including phenoxy) is 2. The molecule has 0 aromatic heterocycles. The summed E-state index contributed by atoms with van der Waals surface area (Å²) in [6, 6.07) is 6.29. The molecule has 1 heterocycles. The molecule has 0 bridgehead atoms. The second kappa shape index (κ2) is 6.72. The number of hydrogen-bond donors (Lipinski definition) is 1. The summed E-state index contributed by atoms with van der Waals surface area (Å²) in [5, 5.41) is 3.65. The van der Waals surface area contributed by atoms with Gasteiger partial charge in [-0.2, -0.15) is 11.8 Å². The highest BCUT2D eigenvalue weighted by Crippen LogP contribution is 2.38. The first-order valence-corrected chi connectivity index (χ1v) is 8.16. The van der Waals surface area contributed by atoms with Crippen molar-refractivity contribution in [1.82, 2.24) is 5.32 Å². The molecule has 1 saturated heterocycles. The zero-order chi connectivity index (χ0) is 14.6. The summed E-state index contributed by atoms with van der Waals surface area (Å²) in [7, 11) is 3.38. The first kappa shape index (κ1) is 15.5. The number of benzene rings is 1. The molecule has 0 amide bonds. The fourth-order valence-corrected chi connectivity index (χ4v) is 3.89. The Morgan fingerprint density at radius 2 is 2.15 bits per heavy atom. The van der Waals surface area contributed by atoms with E-state index >= 15 is 0 Å². The number of thioether (sulfide) groups is 1. The molecule has 1 aromatic rings. The Balaban J connectivity index is 2.02. The molecule has 2 atom stereocenters. The third kappa shape index (κ3) is 3.61. The van der Waals surface area contributed by atoms with E-state index in [4.69, 9.17) is 9.47 Å². The minimum Gasteiger partial charge on any atom is -0.497 e. The number of rotatable bonds is 6. The Morgan fingerprint density at radius 3 is 2.75 bits per heavy atom. The molecule has 20 heavy (non-hydrogen) atoms. The van der Waals surface area contributed by atoms with Gasteiger partial charge >= 0.3 is 0 Å². The zero-order valence-corrected chi connectivity index (χ0v) is 13.7. The number of nitrogens with one attached hydrogen (secondary N) is 1. The van der Waals surface area contributed by atoms with Gasteiger partial charge in [-0.05, 0) is 38.5 Å². The average Bonchev–Trinajstić information content (AvgIpc) is 2.91. The maximum atomic E-state index is 5.48. The summed E-state index contributed by atoms with van der Waals surface area (Å²) in [6.07, 6.45) is 2.64. The van der Waals surface area contributed by atoms with Crippen LogP contribution in [0.1, 0.15) is 38.3 Å². The Hall–Kier alpha value is -0.870. The lowest BCUT2D eigenvalue weighted by Gasteiger charge is -2.26. The molecule has 0 radical (unpaired) electrons. The predicted octanol–water partition coefficient (Wildman–Crippen LogP) is 3.64. The van der Waals surface area contributed by atoms with Crippen LogP contribution < -0.4 is 14.8 Å². The van der Waals surface area contributed by atoms with Crippen molar-refractivity contribution < 1.29 is 9.47 Å². The Morgan fingerprint density at radius 1 is 1.35 bits per heavy atom. The summed E-state index contributed by atoms with van der Waals surface area (Å²) in [5.74, 6) is 3.00. The number of hydrogen-bond acceptors (Lipinski definition) is 4. The van der Waals surface area contributed by atoms with E-state index in [-0.39, 0.29) is 6.04 Å². The van der Waals surface area contributed by atoms with Crippen LogP contribution in [0.5, 0.6) is 11.5 Å². The number of methoxy groups -OCH3 is 2. The zero-order valence-electron chi connectivity index (χ0n) is 12.9. The molecule has 1 aromatic carbocycles. The van der Waals surface area contributed by atoms with Crippen LogP contribution in [0.2, 0.25) is 0 Å². The summed E-state index contributed by atoms with van der Waals surface area (Å²) in [6.45, 7) is 5.58. The van der Waals surface area contributed by atoms with Crippen molar-refractivity contribution in [2.24, 2.45) is 0 Å². The van der Waals surface area contributed by atoms with Crippen LogP contribution in [0, 0.1) is 0 Å². The second-order valence-corrected chi connectivity index (χ2v) is 7.29. The van der Waals surface area contributed by atoms with Crippen molar-refractivity contribution in [3.63, 3.8) is 0 Å². The second-order valence-electron chi connectivity index (χ2n) is 5.61. The van der Waals surface area contributed by atoms with Crippen LogP contribution in [0.3, 0.4) is 0 Å². The predicted molar refractivity (Wildman–Crippen MR) is 86.1 cm³/mol. The fourth-order valence-electron chi connectivity index (χ4n) is 2.63. The van der Waals surface area contributed by atoms with Crippen molar-refractivity contribution in [2.45, 2.75) is 37.5 Å². The van der Waals surface area contributed by atoms with Gasteiger partial charge in [0.1, 0.15) is 11.5 Å². The standard InChI is InChI=1S/C16H25NO2S/c1-12(17-11-16(2)8-5-9-20-16)14-7-6-13(18-3)10-15(14)19-4/h6-7,10,12,17H,5,8-9,11H2,1-4H3. The smallest absolute Gasteiger partial charge is 0.127 e. The molecule has 1 N–H and O–H groups in total. The molecule has 0 aliphatic carbocycles. The van der Waals surface area contributed by atoms with Crippen LogP contribution in [0.15, 0.2) is 18.2 Å². The average molecular weight is 295 g/mol. The van der Waals surface area contributed by atoms with Gasteiger partial charge in [-0.25, -0.2) is 0 Å². The van der Waals surface area contributed by atoms with Crippen molar-refractivity contribution >= 4 is 11.8 Å². The summed E-state index contributed by atoms with van der Waals surface area (Å²) in [5.41, 5.74) is 1.18. The van der Waals surface area contributed by atoms with E-state index in [1.807, 2.05) is 12.1 Å². The molecule has 2 rings (SSSR count). The van der Waals surface area contributed by atoms with Crippen molar-refractivity contribution in [3.05, 3.63) is 23.8 Å². The van der Waals surface area contributed by atoms with Gasteiger partial charge in [0.25, 0.3) is 0 Å². The molecule has 3 nitrogen and oxygen atoms in total. The maximum Gasteiger partial charge on any atom is 0.127 e. The van der Waals surface area contributed by atoms with E-state index in [1.54, 1.807) is 14.2 Å². The van der Waals surface area contributed by atoms with Gasteiger partial charge in [-0.1, -0.05) is 6.07 Å². The summed E-state index contributed by atoms with van der Waals surface area (Å²) < 4.78 is 11.1. The largest absolute Gasteiger partial charge is 0.497 e. The van der Waals surface area contributed by atoms with Crippen molar-refractivity contribution in [2.75, 3.05) is 26.5 Å². The van der Waals surface area contributed by atoms with Crippen molar-refractivity contribution in [1.29, 1.82) is 0 Å². The molecule has 2 unspecified atom stereocenters. The lowest BCUT2D eigenvalue weighted by molar-refractivity contribution is 0.384. The topological polar surface area (TPSA) is 30.5 Å². The van der Waals surface area contributed by atoms with Crippen LogP contribution in [0.25, 0.3) is 0 Å². The van der Waals surface area contributed by atoms with Crippen LogP contribution in [0.4, 0.5) is 0 Å². The molecular formula is C16H25NO2S. The van der Waals surface area contributed by atoms with E-state index in [9.17, 15) is 0 Å². The summed E-state index contributed by atoms with van der Waals surface area (Å²) in [4.78, 5) is 0.